The summed E-state index contributed by atoms with van der Waals surface area (Å²) in [5.41, 5.74) is 0.352. The predicted octanol–water partition coefficient (Wildman–Crippen LogP) is 4.16. The quantitative estimate of drug-likeness (QED) is 0.500. The number of ether oxygens (including phenoxy) is 2. The van der Waals surface area contributed by atoms with Crippen molar-refractivity contribution in [2.24, 2.45) is 0 Å². The molecule has 0 bridgehead atoms. The summed E-state index contributed by atoms with van der Waals surface area (Å²) in [4.78, 5) is 11.9. The molecule has 21 heavy (non-hydrogen) atoms. The monoisotopic (exact) mass is 330 g/mol. The van der Waals surface area contributed by atoms with Gasteiger partial charge >= 0.3 is 0 Å². The van der Waals surface area contributed by atoms with Crippen molar-refractivity contribution in [2.75, 3.05) is 13.2 Å². The molecule has 1 aromatic carbocycles. The van der Waals surface area contributed by atoms with Gasteiger partial charge in [-0.3, -0.25) is 4.79 Å². The zero-order valence-corrected chi connectivity index (χ0v) is 12.9. The van der Waals surface area contributed by atoms with Crippen LogP contribution in [0, 0.1) is 0 Å². The molecule has 1 atom stereocenters. The molecular weight excluding hydrogens is 315 g/mol. The third kappa shape index (κ3) is 5.00. The van der Waals surface area contributed by atoms with Crippen molar-refractivity contribution in [3.63, 3.8) is 0 Å². The molecule has 4 nitrogen and oxygen atoms in total. The highest BCUT2D eigenvalue weighted by Crippen LogP contribution is 2.23. The van der Waals surface area contributed by atoms with Gasteiger partial charge in [0.2, 0.25) is 0 Å². The van der Waals surface area contributed by atoms with Crippen LogP contribution in [-0.2, 0) is 9.47 Å². The molecule has 0 aliphatic carbocycles. The van der Waals surface area contributed by atoms with Gasteiger partial charge in [-0.05, 0) is 37.5 Å². The Labute approximate surface area is 133 Å². The SMILES string of the molecule is O=C(C=C(O)COC1CCCCO1)c1ccc(Cl)c(Cl)c1. The van der Waals surface area contributed by atoms with E-state index in [2.05, 4.69) is 0 Å². The number of allylic oxidation sites excluding steroid dienone is 1. The minimum Gasteiger partial charge on any atom is -0.510 e. The second kappa shape index (κ2) is 7.80. The molecule has 0 radical (unpaired) electrons. The number of hydrogen-bond acceptors (Lipinski definition) is 4. The lowest BCUT2D eigenvalue weighted by Gasteiger charge is -2.22. The van der Waals surface area contributed by atoms with Gasteiger partial charge in [0.15, 0.2) is 12.1 Å². The van der Waals surface area contributed by atoms with E-state index in [1.807, 2.05) is 0 Å². The standard InChI is InChI=1S/C15H16Cl2O4/c16-12-5-4-10(7-13(12)17)14(19)8-11(18)9-21-15-3-1-2-6-20-15/h4-5,7-8,15,18H,1-3,6,9H2. The molecule has 1 N–H and O–H groups in total. The number of ketones is 1. The van der Waals surface area contributed by atoms with Gasteiger partial charge in [-0.2, -0.15) is 0 Å². The number of aliphatic hydroxyl groups excluding tert-OH is 1. The summed E-state index contributed by atoms with van der Waals surface area (Å²) in [6.45, 7) is 0.606. The lowest BCUT2D eigenvalue weighted by Crippen LogP contribution is -2.23. The zero-order chi connectivity index (χ0) is 15.2. The van der Waals surface area contributed by atoms with Crippen molar-refractivity contribution in [1.29, 1.82) is 0 Å². The fraction of sp³-hybridized carbons (Fsp3) is 0.400. The average molecular weight is 331 g/mol. The second-order valence-electron chi connectivity index (χ2n) is 4.74. The molecule has 2 rings (SSSR count). The zero-order valence-electron chi connectivity index (χ0n) is 11.4. The Hall–Kier alpha value is -1.07. The minimum atomic E-state index is -0.362. The lowest BCUT2D eigenvalue weighted by molar-refractivity contribution is -0.160. The van der Waals surface area contributed by atoms with Crippen LogP contribution in [0.5, 0.6) is 0 Å². The van der Waals surface area contributed by atoms with Crippen molar-refractivity contribution in [3.05, 3.63) is 45.6 Å². The van der Waals surface area contributed by atoms with Gasteiger partial charge in [0.25, 0.3) is 0 Å². The van der Waals surface area contributed by atoms with E-state index in [1.165, 1.54) is 12.1 Å². The predicted molar refractivity (Wildman–Crippen MR) is 81.0 cm³/mol. The summed E-state index contributed by atoms with van der Waals surface area (Å²) in [6, 6.07) is 4.54. The molecule has 0 aromatic heterocycles. The molecule has 1 aromatic rings. The summed E-state index contributed by atoms with van der Waals surface area (Å²) in [5.74, 6) is -0.514. The molecule has 114 valence electrons. The third-order valence-electron chi connectivity index (χ3n) is 3.06. The van der Waals surface area contributed by atoms with E-state index in [9.17, 15) is 9.90 Å². The first-order valence-electron chi connectivity index (χ1n) is 6.68. The topological polar surface area (TPSA) is 55.8 Å². The number of carbonyl (C=O) groups is 1. The Morgan fingerprint density at radius 2 is 2.19 bits per heavy atom. The molecule has 1 aliphatic rings. The van der Waals surface area contributed by atoms with Crippen LogP contribution in [0.4, 0.5) is 0 Å². The first-order chi connectivity index (χ1) is 10.1. The summed E-state index contributed by atoms with van der Waals surface area (Å²) < 4.78 is 10.8. The highest BCUT2D eigenvalue weighted by atomic mass is 35.5. The van der Waals surface area contributed by atoms with Gasteiger partial charge in [0, 0.05) is 18.2 Å². The van der Waals surface area contributed by atoms with E-state index in [0.717, 1.165) is 25.3 Å². The van der Waals surface area contributed by atoms with E-state index in [-0.39, 0.29) is 24.4 Å². The summed E-state index contributed by atoms with van der Waals surface area (Å²) >= 11 is 11.6. The maximum absolute atomic E-state index is 11.9. The van der Waals surface area contributed by atoms with E-state index in [4.69, 9.17) is 32.7 Å². The van der Waals surface area contributed by atoms with Crippen LogP contribution < -0.4 is 0 Å². The Bertz CT molecular complexity index is 536. The number of carbonyl (C=O) groups excluding carboxylic acids is 1. The molecule has 1 heterocycles. The van der Waals surface area contributed by atoms with E-state index in [1.54, 1.807) is 6.07 Å². The summed E-state index contributed by atoms with van der Waals surface area (Å²) in [6.07, 6.45) is 3.67. The van der Waals surface area contributed by atoms with Gasteiger partial charge in [0.1, 0.15) is 12.4 Å². The van der Waals surface area contributed by atoms with E-state index >= 15 is 0 Å². The highest BCUT2D eigenvalue weighted by molar-refractivity contribution is 6.42. The molecule has 0 saturated carbocycles. The Balaban J connectivity index is 1.91. The number of hydrogen-bond donors (Lipinski definition) is 1. The first-order valence-corrected chi connectivity index (χ1v) is 7.44. The maximum atomic E-state index is 11.9. The fourth-order valence-electron chi connectivity index (χ4n) is 1.95. The van der Waals surface area contributed by atoms with Crippen LogP contribution in [-0.4, -0.2) is 30.4 Å². The average Bonchev–Trinajstić information content (AvgIpc) is 2.49. The van der Waals surface area contributed by atoms with Crippen LogP contribution in [0.2, 0.25) is 10.0 Å². The van der Waals surface area contributed by atoms with Crippen molar-refractivity contribution in [1.82, 2.24) is 0 Å². The number of benzene rings is 1. The Morgan fingerprint density at radius 3 is 2.86 bits per heavy atom. The largest absolute Gasteiger partial charge is 0.510 e. The number of aliphatic hydroxyl groups is 1. The molecular formula is C15H16Cl2O4. The van der Waals surface area contributed by atoms with Gasteiger partial charge in [-0.15, -0.1) is 0 Å². The molecule has 6 heteroatoms. The number of rotatable bonds is 5. The van der Waals surface area contributed by atoms with Crippen molar-refractivity contribution in [2.45, 2.75) is 25.6 Å². The van der Waals surface area contributed by atoms with Crippen molar-refractivity contribution < 1.29 is 19.4 Å². The second-order valence-corrected chi connectivity index (χ2v) is 5.55. The minimum absolute atomic E-state index is 0.0578. The van der Waals surface area contributed by atoms with Crippen LogP contribution in [0.15, 0.2) is 30.0 Å². The van der Waals surface area contributed by atoms with E-state index < -0.39 is 0 Å². The Kier molecular flexibility index (Phi) is 6.06. The van der Waals surface area contributed by atoms with Gasteiger partial charge in [-0.1, -0.05) is 23.2 Å². The van der Waals surface area contributed by atoms with Gasteiger partial charge in [-0.25, -0.2) is 0 Å². The third-order valence-corrected chi connectivity index (χ3v) is 3.80. The van der Waals surface area contributed by atoms with Crippen LogP contribution in [0.1, 0.15) is 29.6 Å². The van der Waals surface area contributed by atoms with Crippen LogP contribution in [0.25, 0.3) is 0 Å². The molecule has 0 spiro atoms. The van der Waals surface area contributed by atoms with Crippen LogP contribution in [0.3, 0.4) is 0 Å². The smallest absolute Gasteiger partial charge is 0.189 e. The normalized spacial score (nSPS) is 19.5. The first kappa shape index (κ1) is 16.3. The number of halogens is 2. The summed E-state index contributed by atoms with van der Waals surface area (Å²) in [7, 11) is 0. The summed E-state index contributed by atoms with van der Waals surface area (Å²) in [5, 5.41) is 10.4. The Morgan fingerprint density at radius 1 is 1.38 bits per heavy atom. The van der Waals surface area contributed by atoms with Crippen molar-refractivity contribution in [3.8, 4) is 0 Å². The van der Waals surface area contributed by atoms with E-state index in [0.29, 0.717) is 22.2 Å². The molecule has 0 amide bonds. The maximum Gasteiger partial charge on any atom is 0.189 e. The lowest BCUT2D eigenvalue weighted by atomic mass is 10.1. The van der Waals surface area contributed by atoms with Crippen molar-refractivity contribution >= 4 is 29.0 Å². The van der Waals surface area contributed by atoms with Gasteiger partial charge in [0.05, 0.1) is 10.0 Å². The van der Waals surface area contributed by atoms with Gasteiger partial charge < -0.3 is 14.6 Å². The van der Waals surface area contributed by atoms with Crippen LogP contribution >= 0.6 is 23.2 Å². The molecule has 1 unspecified atom stereocenters. The molecule has 1 aliphatic heterocycles. The highest BCUT2D eigenvalue weighted by Gasteiger charge is 2.15. The fourth-order valence-corrected chi connectivity index (χ4v) is 2.24. The molecule has 1 saturated heterocycles. The molecule has 1 fully saturated rings.